The highest BCUT2D eigenvalue weighted by Crippen LogP contribution is 2.33. The highest BCUT2D eigenvalue weighted by atomic mass is 32.2. The first kappa shape index (κ1) is 12.6. The second-order valence-electron chi connectivity index (χ2n) is 3.91. The summed E-state index contributed by atoms with van der Waals surface area (Å²) < 4.78 is 0. The van der Waals surface area contributed by atoms with Crippen LogP contribution >= 0.6 is 11.8 Å². The average Bonchev–Trinajstić information content (AvgIpc) is 2.29. The van der Waals surface area contributed by atoms with Crippen LogP contribution in [0.15, 0.2) is 30.3 Å². The van der Waals surface area contributed by atoms with Gasteiger partial charge in [0.05, 0.1) is 0 Å². The van der Waals surface area contributed by atoms with Gasteiger partial charge in [-0.05, 0) is 24.2 Å². The van der Waals surface area contributed by atoms with Gasteiger partial charge in [0, 0.05) is 5.25 Å². The zero-order valence-corrected chi connectivity index (χ0v) is 10.7. The van der Waals surface area contributed by atoms with Gasteiger partial charge in [0.15, 0.2) is 0 Å². The van der Waals surface area contributed by atoms with Crippen molar-refractivity contribution in [3.05, 3.63) is 35.9 Å². The Morgan fingerprint density at radius 1 is 1.07 bits per heavy atom. The molecule has 0 saturated carbocycles. The number of benzene rings is 1. The number of hydrogen-bond donors (Lipinski definition) is 0. The Morgan fingerprint density at radius 3 is 2.40 bits per heavy atom. The van der Waals surface area contributed by atoms with Crippen molar-refractivity contribution in [1.29, 1.82) is 0 Å². The normalized spacial score (nSPS) is 12.7. The molecule has 0 nitrogen and oxygen atoms in total. The summed E-state index contributed by atoms with van der Waals surface area (Å²) in [7, 11) is 0. The predicted octanol–water partition coefficient (Wildman–Crippen LogP) is 5.06. The largest absolute Gasteiger partial charge is 0.154 e. The lowest BCUT2D eigenvalue weighted by molar-refractivity contribution is 0.775. The third kappa shape index (κ3) is 4.74. The Labute approximate surface area is 98.5 Å². The summed E-state index contributed by atoms with van der Waals surface area (Å²) in [6, 6.07) is 10.9. The van der Waals surface area contributed by atoms with Crippen LogP contribution in [0.5, 0.6) is 0 Å². The molecule has 0 aromatic heterocycles. The van der Waals surface area contributed by atoms with E-state index < -0.39 is 0 Å². The van der Waals surface area contributed by atoms with Crippen molar-refractivity contribution in [2.24, 2.45) is 0 Å². The lowest BCUT2D eigenvalue weighted by Crippen LogP contribution is -1.95. The van der Waals surface area contributed by atoms with E-state index in [1.165, 1.54) is 37.0 Å². The first-order valence-electron chi connectivity index (χ1n) is 6.05. The molecule has 1 aromatic rings. The molecular formula is C14H22S. The quantitative estimate of drug-likeness (QED) is 0.581. The van der Waals surface area contributed by atoms with Gasteiger partial charge in [0.1, 0.15) is 0 Å². The molecule has 1 unspecified atom stereocenters. The molecule has 0 N–H and O–H groups in total. The van der Waals surface area contributed by atoms with Crippen LogP contribution in [0.2, 0.25) is 0 Å². The van der Waals surface area contributed by atoms with E-state index in [-0.39, 0.29) is 0 Å². The van der Waals surface area contributed by atoms with Gasteiger partial charge in [0.25, 0.3) is 0 Å². The monoisotopic (exact) mass is 222 g/mol. The Bertz CT molecular complexity index is 243. The van der Waals surface area contributed by atoms with Gasteiger partial charge in [-0.1, -0.05) is 57.0 Å². The van der Waals surface area contributed by atoms with Gasteiger partial charge in [-0.15, -0.1) is 0 Å². The Balaban J connectivity index is 2.50. The maximum absolute atomic E-state index is 2.27. The molecular weight excluding hydrogens is 200 g/mol. The van der Waals surface area contributed by atoms with Gasteiger partial charge in [-0.3, -0.25) is 0 Å². The number of hydrogen-bond acceptors (Lipinski definition) is 1. The molecule has 0 aliphatic rings. The van der Waals surface area contributed by atoms with Crippen LogP contribution in [0.4, 0.5) is 0 Å². The van der Waals surface area contributed by atoms with E-state index in [4.69, 9.17) is 0 Å². The molecule has 0 fully saturated rings. The number of thioether (sulfide) groups is 1. The zero-order valence-electron chi connectivity index (χ0n) is 9.91. The minimum atomic E-state index is 0.711. The van der Waals surface area contributed by atoms with Gasteiger partial charge in [-0.25, -0.2) is 0 Å². The summed E-state index contributed by atoms with van der Waals surface area (Å²) in [4.78, 5) is 0. The van der Waals surface area contributed by atoms with Crippen LogP contribution in [0.1, 0.15) is 50.3 Å². The topological polar surface area (TPSA) is 0 Å². The minimum absolute atomic E-state index is 0.711. The van der Waals surface area contributed by atoms with Gasteiger partial charge >= 0.3 is 0 Å². The van der Waals surface area contributed by atoms with E-state index in [0.29, 0.717) is 5.25 Å². The van der Waals surface area contributed by atoms with E-state index in [1.54, 1.807) is 0 Å². The van der Waals surface area contributed by atoms with E-state index in [0.717, 1.165) is 0 Å². The molecule has 0 bridgehead atoms. The van der Waals surface area contributed by atoms with Crippen LogP contribution in [0.25, 0.3) is 0 Å². The number of unbranched alkanes of at least 4 members (excludes halogenated alkanes) is 1. The molecule has 1 aromatic carbocycles. The molecule has 0 amide bonds. The molecule has 1 rings (SSSR count). The fourth-order valence-corrected chi connectivity index (χ4v) is 3.14. The van der Waals surface area contributed by atoms with Crippen molar-refractivity contribution in [1.82, 2.24) is 0 Å². The van der Waals surface area contributed by atoms with Crippen molar-refractivity contribution in [2.75, 3.05) is 5.75 Å². The van der Waals surface area contributed by atoms with Crippen LogP contribution in [-0.4, -0.2) is 5.75 Å². The van der Waals surface area contributed by atoms with Crippen molar-refractivity contribution < 1.29 is 0 Å². The summed E-state index contributed by atoms with van der Waals surface area (Å²) in [6.45, 7) is 4.54. The maximum Gasteiger partial charge on any atom is 0.0297 e. The third-order valence-corrected chi connectivity index (χ3v) is 3.97. The molecule has 0 spiro atoms. The summed E-state index contributed by atoms with van der Waals surface area (Å²) in [6.07, 6.45) is 5.23. The van der Waals surface area contributed by atoms with Crippen LogP contribution in [0.3, 0.4) is 0 Å². The van der Waals surface area contributed by atoms with Crippen LogP contribution in [-0.2, 0) is 0 Å². The van der Waals surface area contributed by atoms with Crippen molar-refractivity contribution in [3.63, 3.8) is 0 Å². The fraction of sp³-hybridized carbons (Fsp3) is 0.571. The lowest BCUT2D eigenvalue weighted by atomic mass is 10.1. The fourth-order valence-electron chi connectivity index (χ4n) is 1.65. The average molecular weight is 222 g/mol. The molecule has 1 heteroatoms. The minimum Gasteiger partial charge on any atom is -0.154 e. The molecule has 84 valence electrons. The molecule has 0 heterocycles. The highest BCUT2D eigenvalue weighted by Gasteiger charge is 2.09. The van der Waals surface area contributed by atoms with Crippen molar-refractivity contribution >= 4 is 11.8 Å². The first-order valence-corrected chi connectivity index (χ1v) is 7.09. The molecule has 0 radical (unpaired) electrons. The van der Waals surface area contributed by atoms with E-state index in [2.05, 4.69) is 55.9 Å². The van der Waals surface area contributed by atoms with Gasteiger partial charge in [0.2, 0.25) is 0 Å². The Morgan fingerprint density at radius 2 is 1.80 bits per heavy atom. The predicted molar refractivity (Wildman–Crippen MR) is 71.5 cm³/mol. The second-order valence-corrected chi connectivity index (χ2v) is 5.22. The highest BCUT2D eigenvalue weighted by molar-refractivity contribution is 7.99. The third-order valence-electron chi connectivity index (χ3n) is 2.54. The zero-order chi connectivity index (χ0) is 10.9. The Kier molecular flexibility index (Phi) is 6.58. The van der Waals surface area contributed by atoms with E-state index >= 15 is 0 Å². The van der Waals surface area contributed by atoms with Crippen LogP contribution < -0.4 is 0 Å². The summed E-state index contributed by atoms with van der Waals surface area (Å²) in [5, 5.41) is 0.711. The number of rotatable bonds is 7. The van der Waals surface area contributed by atoms with Gasteiger partial charge in [-0.2, -0.15) is 11.8 Å². The Hall–Kier alpha value is -0.430. The molecule has 0 saturated heterocycles. The lowest BCUT2D eigenvalue weighted by Gasteiger charge is -2.15. The first-order chi connectivity index (χ1) is 7.38. The standard InChI is InChI=1S/C14H22S/c1-3-5-12-15-14(9-4-2)13-10-7-6-8-11-13/h6-8,10-11,14H,3-5,9,12H2,1-2H3. The molecule has 0 aliphatic heterocycles. The van der Waals surface area contributed by atoms with Crippen molar-refractivity contribution in [3.8, 4) is 0 Å². The second kappa shape index (κ2) is 7.81. The van der Waals surface area contributed by atoms with Crippen molar-refractivity contribution in [2.45, 2.75) is 44.8 Å². The van der Waals surface area contributed by atoms with E-state index in [1.807, 2.05) is 0 Å². The maximum atomic E-state index is 2.27. The SMILES string of the molecule is CCCCSC(CCC)c1ccccc1. The smallest absolute Gasteiger partial charge is 0.0297 e. The van der Waals surface area contributed by atoms with Gasteiger partial charge < -0.3 is 0 Å². The van der Waals surface area contributed by atoms with E-state index in [9.17, 15) is 0 Å². The molecule has 15 heavy (non-hydrogen) atoms. The summed E-state index contributed by atoms with van der Waals surface area (Å²) in [5.41, 5.74) is 1.50. The molecule has 0 aliphatic carbocycles. The van der Waals surface area contributed by atoms with Crippen LogP contribution in [0, 0.1) is 0 Å². The molecule has 1 atom stereocenters. The summed E-state index contributed by atoms with van der Waals surface area (Å²) in [5.74, 6) is 1.30. The summed E-state index contributed by atoms with van der Waals surface area (Å²) >= 11 is 2.12.